The molecule has 1 aromatic rings. The lowest BCUT2D eigenvalue weighted by atomic mass is 9.79. The molecule has 0 saturated carbocycles. The van der Waals surface area contributed by atoms with Crippen molar-refractivity contribution in [3.63, 3.8) is 0 Å². The molecule has 0 aromatic heterocycles. The second-order valence-corrected chi connectivity index (χ2v) is 4.00. The summed E-state index contributed by atoms with van der Waals surface area (Å²) in [4.78, 5) is 11.3. The molecule has 0 amide bonds. The summed E-state index contributed by atoms with van der Waals surface area (Å²) < 4.78 is 18.2. The van der Waals surface area contributed by atoms with Gasteiger partial charge in [0.25, 0.3) is 0 Å². The van der Waals surface area contributed by atoms with Gasteiger partial charge in [0, 0.05) is 12.0 Å². The van der Waals surface area contributed by atoms with Crippen molar-refractivity contribution in [3.8, 4) is 0 Å². The number of hydrogen-bond acceptors (Lipinski definition) is 3. The first-order valence-corrected chi connectivity index (χ1v) is 5.05. The summed E-state index contributed by atoms with van der Waals surface area (Å²) in [5.74, 6) is -0.740. The molecule has 2 N–H and O–H groups in total. The fourth-order valence-electron chi connectivity index (χ4n) is 1.62. The number of esters is 1. The molecule has 0 aliphatic rings. The highest BCUT2D eigenvalue weighted by Crippen LogP contribution is 2.28. The fraction of sp³-hybridized carbons (Fsp3) is 0.417. The molecule has 1 unspecified atom stereocenters. The Hall–Kier alpha value is -1.42. The summed E-state index contributed by atoms with van der Waals surface area (Å²) in [5.41, 5.74) is 5.36. The maximum absolute atomic E-state index is 13.6. The van der Waals surface area contributed by atoms with Crippen molar-refractivity contribution in [1.82, 2.24) is 0 Å². The normalized spacial score (nSPS) is 14.2. The number of rotatable bonds is 4. The number of methoxy groups -OCH3 is 1. The smallest absolute Gasteiger partial charge is 0.306 e. The molecule has 1 atom stereocenters. The van der Waals surface area contributed by atoms with Crippen LogP contribution in [0.4, 0.5) is 4.39 Å². The van der Waals surface area contributed by atoms with Gasteiger partial charge in [-0.2, -0.15) is 0 Å². The molecular formula is C12H16FNO2. The Kier molecular flexibility index (Phi) is 4.01. The molecule has 1 rings (SSSR count). The van der Waals surface area contributed by atoms with E-state index in [0.717, 1.165) is 0 Å². The van der Waals surface area contributed by atoms with Crippen LogP contribution in [-0.4, -0.2) is 19.6 Å². The van der Waals surface area contributed by atoms with E-state index in [1.54, 1.807) is 25.1 Å². The Balaban J connectivity index is 3.05. The first-order valence-electron chi connectivity index (χ1n) is 5.05. The molecule has 0 radical (unpaired) electrons. The van der Waals surface area contributed by atoms with Crippen LogP contribution in [0.5, 0.6) is 0 Å². The number of nitrogens with two attached hydrogens (primary N) is 1. The van der Waals surface area contributed by atoms with Gasteiger partial charge in [-0.1, -0.05) is 25.1 Å². The summed E-state index contributed by atoms with van der Waals surface area (Å²) in [7, 11) is 1.31. The van der Waals surface area contributed by atoms with Gasteiger partial charge in [-0.25, -0.2) is 4.39 Å². The fourth-order valence-corrected chi connectivity index (χ4v) is 1.62. The molecular weight excluding hydrogens is 209 g/mol. The van der Waals surface area contributed by atoms with E-state index in [1.807, 2.05) is 0 Å². The van der Waals surface area contributed by atoms with Crippen molar-refractivity contribution in [3.05, 3.63) is 35.6 Å². The molecule has 4 heteroatoms. The lowest BCUT2D eigenvalue weighted by Gasteiger charge is -2.27. The minimum atomic E-state index is -0.724. The quantitative estimate of drug-likeness (QED) is 0.792. The molecule has 0 fully saturated rings. The minimum absolute atomic E-state index is 0.0704. The molecule has 0 saturated heterocycles. The lowest BCUT2D eigenvalue weighted by Crippen LogP contribution is -2.35. The Bertz CT molecular complexity index is 381. The van der Waals surface area contributed by atoms with Crippen molar-refractivity contribution in [2.24, 2.45) is 5.73 Å². The van der Waals surface area contributed by atoms with Crippen LogP contribution in [0.25, 0.3) is 0 Å². The van der Waals surface area contributed by atoms with Crippen LogP contribution in [-0.2, 0) is 14.9 Å². The first kappa shape index (κ1) is 12.6. The van der Waals surface area contributed by atoms with E-state index >= 15 is 0 Å². The monoisotopic (exact) mass is 225 g/mol. The standard InChI is InChI=1S/C12H16FNO2/c1-12(8-14,7-11(15)16-2)9-5-3-4-6-10(9)13/h3-6H,7-8,14H2,1-2H3. The summed E-state index contributed by atoms with van der Waals surface area (Å²) in [6.45, 7) is 1.94. The highest BCUT2D eigenvalue weighted by Gasteiger charge is 2.31. The summed E-state index contributed by atoms with van der Waals surface area (Å²) in [6.07, 6.45) is 0.0704. The average molecular weight is 225 g/mol. The van der Waals surface area contributed by atoms with Gasteiger partial charge in [0.15, 0.2) is 0 Å². The maximum Gasteiger partial charge on any atom is 0.306 e. The van der Waals surface area contributed by atoms with E-state index in [-0.39, 0.29) is 18.8 Å². The van der Waals surface area contributed by atoms with Gasteiger partial charge < -0.3 is 10.5 Å². The molecule has 0 aliphatic heterocycles. The molecule has 0 spiro atoms. The maximum atomic E-state index is 13.6. The molecule has 88 valence electrons. The Morgan fingerprint density at radius 2 is 2.12 bits per heavy atom. The Morgan fingerprint density at radius 3 is 2.62 bits per heavy atom. The number of carbonyl (C=O) groups is 1. The second-order valence-electron chi connectivity index (χ2n) is 4.00. The van der Waals surface area contributed by atoms with Gasteiger partial charge in [-0.15, -0.1) is 0 Å². The molecule has 0 bridgehead atoms. The van der Waals surface area contributed by atoms with E-state index in [9.17, 15) is 9.18 Å². The largest absolute Gasteiger partial charge is 0.469 e. The second kappa shape index (κ2) is 5.07. The van der Waals surface area contributed by atoms with E-state index in [4.69, 9.17) is 5.73 Å². The topological polar surface area (TPSA) is 52.3 Å². The van der Waals surface area contributed by atoms with E-state index in [1.165, 1.54) is 13.2 Å². The third-order valence-electron chi connectivity index (χ3n) is 2.74. The van der Waals surface area contributed by atoms with Crippen molar-refractivity contribution in [1.29, 1.82) is 0 Å². The zero-order valence-electron chi connectivity index (χ0n) is 9.50. The molecule has 16 heavy (non-hydrogen) atoms. The van der Waals surface area contributed by atoms with Crippen LogP contribution in [0.1, 0.15) is 18.9 Å². The van der Waals surface area contributed by atoms with E-state index < -0.39 is 11.4 Å². The van der Waals surface area contributed by atoms with Gasteiger partial charge in [0.1, 0.15) is 5.82 Å². The van der Waals surface area contributed by atoms with Crippen LogP contribution >= 0.6 is 0 Å². The third-order valence-corrected chi connectivity index (χ3v) is 2.74. The highest BCUT2D eigenvalue weighted by molar-refractivity contribution is 5.71. The summed E-state index contributed by atoms with van der Waals surface area (Å²) in [5, 5.41) is 0. The van der Waals surface area contributed by atoms with Crippen LogP contribution in [0.15, 0.2) is 24.3 Å². The van der Waals surface area contributed by atoms with Crippen molar-refractivity contribution >= 4 is 5.97 Å². The number of carbonyl (C=O) groups excluding carboxylic acids is 1. The van der Waals surface area contributed by atoms with Gasteiger partial charge in [0.05, 0.1) is 13.5 Å². The third kappa shape index (κ3) is 2.58. The van der Waals surface area contributed by atoms with Crippen molar-refractivity contribution in [2.45, 2.75) is 18.8 Å². The predicted molar refractivity (Wildman–Crippen MR) is 59.4 cm³/mol. The van der Waals surface area contributed by atoms with E-state index in [2.05, 4.69) is 4.74 Å². The average Bonchev–Trinajstić information content (AvgIpc) is 2.29. The molecule has 0 aliphatic carbocycles. The minimum Gasteiger partial charge on any atom is -0.469 e. The number of hydrogen-bond donors (Lipinski definition) is 1. The van der Waals surface area contributed by atoms with Crippen molar-refractivity contribution < 1.29 is 13.9 Å². The van der Waals surface area contributed by atoms with Crippen molar-refractivity contribution in [2.75, 3.05) is 13.7 Å². The number of halogens is 1. The van der Waals surface area contributed by atoms with Crippen LogP contribution in [0.2, 0.25) is 0 Å². The number of benzene rings is 1. The van der Waals surface area contributed by atoms with Crippen LogP contribution < -0.4 is 5.73 Å². The van der Waals surface area contributed by atoms with Gasteiger partial charge in [-0.3, -0.25) is 4.79 Å². The molecule has 3 nitrogen and oxygen atoms in total. The molecule has 1 aromatic carbocycles. The van der Waals surface area contributed by atoms with Crippen LogP contribution in [0, 0.1) is 5.82 Å². The highest BCUT2D eigenvalue weighted by atomic mass is 19.1. The summed E-state index contributed by atoms with van der Waals surface area (Å²) >= 11 is 0. The van der Waals surface area contributed by atoms with E-state index in [0.29, 0.717) is 5.56 Å². The van der Waals surface area contributed by atoms with Gasteiger partial charge >= 0.3 is 5.97 Å². The SMILES string of the molecule is COC(=O)CC(C)(CN)c1ccccc1F. The Morgan fingerprint density at radius 1 is 1.50 bits per heavy atom. The predicted octanol–water partition coefficient (Wildman–Crippen LogP) is 1.61. The van der Waals surface area contributed by atoms with Gasteiger partial charge in [0.2, 0.25) is 0 Å². The van der Waals surface area contributed by atoms with Crippen LogP contribution in [0.3, 0.4) is 0 Å². The molecule has 0 heterocycles. The number of ether oxygens (including phenoxy) is 1. The Labute approximate surface area is 94.4 Å². The zero-order chi connectivity index (χ0) is 12.2. The first-order chi connectivity index (χ1) is 7.53. The van der Waals surface area contributed by atoms with Gasteiger partial charge in [-0.05, 0) is 11.6 Å². The zero-order valence-corrected chi connectivity index (χ0v) is 9.50. The lowest BCUT2D eigenvalue weighted by molar-refractivity contribution is -0.141. The summed E-state index contributed by atoms with van der Waals surface area (Å²) in [6, 6.07) is 6.34.